The highest BCUT2D eigenvalue weighted by molar-refractivity contribution is 5.90. The predicted molar refractivity (Wildman–Crippen MR) is 120 cm³/mol. The number of carbonyl (C=O) groups excluding carboxylic acids is 1. The van der Waals surface area contributed by atoms with Gasteiger partial charge in [-0.2, -0.15) is 0 Å². The van der Waals surface area contributed by atoms with Crippen LogP contribution in [0.1, 0.15) is 51.8 Å². The number of rotatable bonds is 4. The number of aryl methyl sites for hydroxylation is 1. The van der Waals surface area contributed by atoms with Crippen LogP contribution in [0, 0.1) is 5.92 Å². The highest BCUT2D eigenvalue weighted by Crippen LogP contribution is 2.36. The van der Waals surface area contributed by atoms with Gasteiger partial charge < -0.3 is 4.90 Å². The van der Waals surface area contributed by atoms with E-state index in [2.05, 4.69) is 37.3 Å². The molecule has 1 amide bonds. The maximum absolute atomic E-state index is 13.1. The highest BCUT2D eigenvalue weighted by Gasteiger charge is 2.29. The molecule has 2 heterocycles. The topological polar surface area (TPSA) is 51.0 Å². The van der Waals surface area contributed by atoms with Gasteiger partial charge in [-0.25, -0.2) is 4.68 Å². The molecule has 0 saturated heterocycles. The molecule has 0 spiro atoms. The van der Waals surface area contributed by atoms with Crippen LogP contribution in [-0.4, -0.2) is 25.8 Å². The molecule has 5 nitrogen and oxygen atoms in total. The van der Waals surface area contributed by atoms with Crippen LogP contribution in [0.3, 0.4) is 0 Å². The van der Waals surface area contributed by atoms with Crippen molar-refractivity contribution in [3.8, 4) is 11.3 Å². The minimum atomic E-state index is -0.0797. The Bertz CT molecular complexity index is 923. The Morgan fingerprint density at radius 1 is 1.21 bits per heavy atom. The molecule has 1 aromatic heterocycles. The summed E-state index contributed by atoms with van der Waals surface area (Å²) in [4.78, 5) is 14.9. The number of allylic oxidation sites excluding steroid dienone is 3. The number of fused-ring (bicyclic) bond motifs is 3. The lowest BCUT2D eigenvalue weighted by Gasteiger charge is -2.30. The van der Waals surface area contributed by atoms with Crippen molar-refractivity contribution in [2.75, 3.05) is 0 Å². The number of carbonyl (C=O) groups is 1. The summed E-state index contributed by atoms with van der Waals surface area (Å²) < 4.78 is 1.77. The molecule has 0 bridgehead atoms. The molecular formula is C24H32N4O. The molecule has 154 valence electrons. The number of amides is 1. The van der Waals surface area contributed by atoms with E-state index in [1.54, 1.807) is 21.7 Å². The molecule has 5 heteroatoms. The molecule has 0 N–H and O–H groups in total. The Hall–Kier alpha value is -2.95. The molecule has 1 aliphatic rings. The third-order valence-corrected chi connectivity index (χ3v) is 4.95. The van der Waals surface area contributed by atoms with E-state index in [9.17, 15) is 4.79 Å². The van der Waals surface area contributed by atoms with E-state index in [4.69, 9.17) is 0 Å². The van der Waals surface area contributed by atoms with Gasteiger partial charge in [0.15, 0.2) is 0 Å². The molecule has 0 radical (unpaired) electrons. The first-order valence-corrected chi connectivity index (χ1v) is 10.2. The van der Waals surface area contributed by atoms with E-state index in [1.165, 1.54) is 6.42 Å². The van der Waals surface area contributed by atoms with Gasteiger partial charge in [0.2, 0.25) is 5.91 Å². The smallest absolute Gasteiger partial charge is 0.230 e. The zero-order chi connectivity index (χ0) is 21.6. The summed E-state index contributed by atoms with van der Waals surface area (Å²) in [5.74, 6) is -0.00664. The van der Waals surface area contributed by atoms with Crippen LogP contribution >= 0.6 is 0 Å². The van der Waals surface area contributed by atoms with Crippen molar-refractivity contribution >= 4 is 11.5 Å². The fraction of sp³-hybridized carbons (Fsp3) is 0.375. The number of aromatic nitrogens is 3. The Morgan fingerprint density at radius 2 is 1.86 bits per heavy atom. The lowest BCUT2D eigenvalue weighted by atomic mass is 9.94. The van der Waals surface area contributed by atoms with Crippen molar-refractivity contribution in [3.05, 3.63) is 66.5 Å². The van der Waals surface area contributed by atoms with E-state index >= 15 is 0 Å². The van der Waals surface area contributed by atoms with Crippen LogP contribution < -0.4 is 0 Å². The molecule has 0 saturated carbocycles. The molecule has 1 aliphatic heterocycles. The number of nitrogens with zero attached hydrogens (tertiary/aromatic N) is 4. The maximum atomic E-state index is 13.1. The summed E-state index contributed by atoms with van der Waals surface area (Å²) >= 11 is 0. The molecule has 0 aliphatic carbocycles. The largest absolute Gasteiger partial charge is 0.307 e. The quantitative estimate of drug-likeness (QED) is 0.703. The molecular weight excluding hydrogens is 360 g/mol. The molecule has 0 fully saturated rings. The van der Waals surface area contributed by atoms with Crippen LogP contribution in [0.25, 0.3) is 16.8 Å². The van der Waals surface area contributed by atoms with E-state index in [0.29, 0.717) is 12.2 Å². The molecule has 2 aromatic rings. The molecule has 1 atom stereocenters. The normalized spacial score (nSPS) is 16.4. The van der Waals surface area contributed by atoms with Gasteiger partial charge in [-0.1, -0.05) is 82.8 Å². The summed E-state index contributed by atoms with van der Waals surface area (Å²) in [5, 5.41) is 8.58. The number of benzene rings is 1. The zero-order valence-corrected chi connectivity index (χ0v) is 18.3. The second kappa shape index (κ2) is 10.0. The van der Waals surface area contributed by atoms with Gasteiger partial charge in [0.1, 0.15) is 5.69 Å². The first-order chi connectivity index (χ1) is 13.9. The summed E-state index contributed by atoms with van der Waals surface area (Å²) in [6, 6.07) is 8.07. The van der Waals surface area contributed by atoms with E-state index in [-0.39, 0.29) is 11.8 Å². The van der Waals surface area contributed by atoms with Gasteiger partial charge in [0.05, 0.1) is 17.9 Å². The third kappa shape index (κ3) is 4.39. The monoisotopic (exact) mass is 392 g/mol. The van der Waals surface area contributed by atoms with Gasteiger partial charge >= 0.3 is 0 Å². The SMILES string of the molecule is C=C/C1=C(\C=C)N(C(=O)C(C)CC)Cc2ccccc2-c2c1nnn2C.CCC. The predicted octanol–water partition coefficient (Wildman–Crippen LogP) is 5.37. The third-order valence-electron chi connectivity index (χ3n) is 4.95. The van der Waals surface area contributed by atoms with Crippen LogP contribution in [0.4, 0.5) is 0 Å². The Labute approximate surface area is 174 Å². The van der Waals surface area contributed by atoms with Gasteiger partial charge in [-0.3, -0.25) is 4.79 Å². The van der Waals surface area contributed by atoms with E-state index in [1.807, 2.05) is 45.2 Å². The van der Waals surface area contributed by atoms with Crippen molar-refractivity contribution in [1.29, 1.82) is 0 Å². The first-order valence-electron chi connectivity index (χ1n) is 10.2. The standard InChI is InChI=1S/C21H24N4O.C3H8/c1-6-14(4)21(26)25-13-15-11-9-10-12-17(15)20-19(22-23-24(20)5)16(7-2)18(25)8-3;1-3-2/h7-12,14H,2-3,6,13H2,1,4-5H3;3H2,1-2H3/b18-16-;. The van der Waals surface area contributed by atoms with Crippen LogP contribution in [0.2, 0.25) is 0 Å². The van der Waals surface area contributed by atoms with Crippen LogP contribution in [-0.2, 0) is 18.4 Å². The lowest BCUT2D eigenvalue weighted by molar-refractivity contribution is -0.133. The number of hydrogen-bond acceptors (Lipinski definition) is 3. The fourth-order valence-corrected chi connectivity index (χ4v) is 3.31. The second-order valence-electron chi connectivity index (χ2n) is 7.22. The minimum Gasteiger partial charge on any atom is -0.307 e. The Balaban J connectivity index is 0.000000941. The maximum Gasteiger partial charge on any atom is 0.230 e. The van der Waals surface area contributed by atoms with Crippen molar-refractivity contribution in [1.82, 2.24) is 19.9 Å². The van der Waals surface area contributed by atoms with E-state index < -0.39 is 0 Å². The van der Waals surface area contributed by atoms with Gasteiger partial charge in [-0.15, -0.1) is 5.10 Å². The summed E-state index contributed by atoms with van der Waals surface area (Å²) in [5.41, 5.74) is 5.21. The van der Waals surface area contributed by atoms with Crippen molar-refractivity contribution in [3.63, 3.8) is 0 Å². The summed E-state index contributed by atoms with van der Waals surface area (Å²) in [6.45, 7) is 16.6. The summed E-state index contributed by atoms with van der Waals surface area (Å²) in [6.07, 6.45) is 5.47. The second-order valence-corrected chi connectivity index (χ2v) is 7.22. The van der Waals surface area contributed by atoms with E-state index in [0.717, 1.165) is 34.5 Å². The van der Waals surface area contributed by atoms with Crippen LogP contribution in [0.5, 0.6) is 0 Å². The fourth-order valence-electron chi connectivity index (χ4n) is 3.31. The lowest BCUT2D eigenvalue weighted by Crippen LogP contribution is -2.34. The Kier molecular flexibility index (Phi) is 7.71. The zero-order valence-electron chi connectivity index (χ0n) is 18.3. The molecule has 3 rings (SSSR count). The van der Waals surface area contributed by atoms with Gasteiger partial charge in [0, 0.05) is 24.1 Å². The molecule has 1 unspecified atom stereocenters. The van der Waals surface area contributed by atoms with Crippen molar-refractivity contribution in [2.45, 2.75) is 47.1 Å². The van der Waals surface area contributed by atoms with Crippen molar-refractivity contribution < 1.29 is 4.79 Å². The first kappa shape index (κ1) is 22.3. The van der Waals surface area contributed by atoms with Gasteiger partial charge in [-0.05, 0) is 18.1 Å². The average Bonchev–Trinajstić information content (AvgIpc) is 3.09. The summed E-state index contributed by atoms with van der Waals surface area (Å²) in [7, 11) is 1.88. The molecule has 29 heavy (non-hydrogen) atoms. The van der Waals surface area contributed by atoms with Gasteiger partial charge in [0.25, 0.3) is 0 Å². The Morgan fingerprint density at radius 3 is 2.45 bits per heavy atom. The molecule has 1 aromatic carbocycles. The minimum absolute atomic E-state index is 0.0730. The highest BCUT2D eigenvalue weighted by atomic mass is 16.2. The number of hydrogen-bond donors (Lipinski definition) is 0. The average molecular weight is 393 g/mol. The van der Waals surface area contributed by atoms with Crippen LogP contribution in [0.15, 0.2) is 55.3 Å². The van der Waals surface area contributed by atoms with Crippen molar-refractivity contribution in [2.24, 2.45) is 13.0 Å².